The minimum atomic E-state index is -1.13. The molecule has 0 saturated carbocycles. The van der Waals surface area contributed by atoms with Gasteiger partial charge in [0.05, 0.1) is 8.81 Å². The van der Waals surface area contributed by atoms with Crippen LogP contribution in [0.15, 0.2) is 27.4 Å². The molecule has 0 atom stereocenters. The highest BCUT2D eigenvalue weighted by Crippen LogP contribution is 2.24. The van der Waals surface area contributed by atoms with Crippen LogP contribution in [0.3, 0.4) is 0 Å². The van der Waals surface area contributed by atoms with E-state index in [4.69, 9.17) is 16.7 Å². The number of aromatic carboxylic acids is 1. The van der Waals surface area contributed by atoms with Crippen molar-refractivity contribution in [3.63, 3.8) is 0 Å². The van der Waals surface area contributed by atoms with Gasteiger partial charge in [0.15, 0.2) is 5.69 Å². The van der Waals surface area contributed by atoms with E-state index in [-0.39, 0.29) is 10.7 Å². The Kier molecular flexibility index (Phi) is 4.44. The highest BCUT2D eigenvalue weighted by atomic mass is 79.9. The molecule has 0 aliphatic rings. The third kappa shape index (κ3) is 3.46. The average molecular weight is 362 g/mol. The fraction of sp³-hybridized carbons (Fsp3) is 0.167. The summed E-state index contributed by atoms with van der Waals surface area (Å²) in [6.07, 6.45) is 0. The Bertz CT molecular complexity index is 618. The summed E-state index contributed by atoms with van der Waals surface area (Å²) in [4.78, 5) is 16.9. The van der Waals surface area contributed by atoms with Gasteiger partial charge in [-0.15, -0.1) is 11.3 Å². The van der Waals surface area contributed by atoms with E-state index >= 15 is 0 Å². The van der Waals surface area contributed by atoms with E-state index in [1.54, 1.807) is 23.5 Å². The fourth-order valence-electron chi connectivity index (χ4n) is 1.58. The second kappa shape index (κ2) is 5.90. The van der Waals surface area contributed by atoms with Gasteiger partial charge < -0.3 is 10.0 Å². The number of nitrogens with zero attached hydrogens (tertiary/aromatic N) is 2. The summed E-state index contributed by atoms with van der Waals surface area (Å²) in [6.45, 7) is 0.649. The number of halogens is 2. The summed E-state index contributed by atoms with van der Waals surface area (Å²) < 4.78 is 1.06. The highest BCUT2D eigenvalue weighted by molar-refractivity contribution is 9.11. The Hall–Kier alpha value is -1.11. The van der Waals surface area contributed by atoms with Crippen molar-refractivity contribution in [1.29, 1.82) is 0 Å². The molecule has 2 rings (SSSR count). The maximum atomic E-state index is 11.0. The van der Waals surface area contributed by atoms with Crippen LogP contribution in [0.25, 0.3) is 0 Å². The molecule has 0 fully saturated rings. The molecule has 2 aromatic rings. The quantitative estimate of drug-likeness (QED) is 0.897. The van der Waals surface area contributed by atoms with E-state index in [0.717, 1.165) is 9.35 Å². The zero-order valence-electron chi connectivity index (χ0n) is 9.93. The lowest BCUT2D eigenvalue weighted by Gasteiger charge is -2.18. The van der Waals surface area contributed by atoms with Crippen LogP contribution in [0.5, 0.6) is 0 Å². The van der Waals surface area contributed by atoms with Crippen molar-refractivity contribution in [2.24, 2.45) is 0 Å². The van der Waals surface area contributed by atoms with Gasteiger partial charge in [-0.2, -0.15) is 0 Å². The number of carboxylic acid groups (broad SMARTS) is 1. The molecular weight excluding hydrogens is 352 g/mol. The van der Waals surface area contributed by atoms with Crippen LogP contribution < -0.4 is 4.90 Å². The zero-order chi connectivity index (χ0) is 14.0. The Morgan fingerprint density at radius 3 is 2.89 bits per heavy atom. The highest BCUT2D eigenvalue weighted by Gasteiger charge is 2.13. The number of hydrogen-bond acceptors (Lipinski definition) is 4. The smallest absolute Gasteiger partial charge is 0.356 e. The third-order valence-corrected chi connectivity index (χ3v) is 4.32. The number of carboxylic acids is 1. The van der Waals surface area contributed by atoms with Crippen LogP contribution in [0.4, 0.5) is 5.82 Å². The second-order valence-electron chi connectivity index (χ2n) is 3.92. The van der Waals surface area contributed by atoms with E-state index in [1.807, 2.05) is 23.4 Å². The Morgan fingerprint density at radius 2 is 2.32 bits per heavy atom. The number of rotatable bonds is 4. The van der Waals surface area contributed by atoms with Gasteiger partial charge in [0.25, 0.3) is 0 Å². The Balaban J connectivity index is 2.21. The molecule has 1 N–H and O–H groups in total. The number of thiophene rings is 1. The van der Waals surface area contributed by atoms with E-state index < -0.39 is 5.97 Å². The predicted octanol–water partition coefficient (Wildman–Crippen LogP) is 3.89. The molecular formula is C12H10BrClN2O2S. The molecule has 4 nitrogen and oxygen atoms in total. The molecule has 0 aliphatic heterocycles. The summed E-state index contributed by atoms with van der Waals surface area (Å²) in [5.74, 6) is -0.553. The minimum Gasteiger partial charge on any atom is -0.476 e. The molecule has 0 radical (unpaired) electrons. The van der Waals surface area contributed by atoms with Crippen LogP contribution in [0, 0.1) is 0 Å². The van der Waals surface area contributed by atoms with Crippen molar-refractivity contribution in [2.75, 3.05) is 11.9 Å². The first-order valence-electron chi connectivity index (χ1n) is 5.31. The maximum Gasteiger partial charge on any atom is 0.356 e. The first-order valence-corrected chi connectivity index (χ1v) is 7.36. The number of pyridine rings is 1. The van der Waals surface area contributed by atoms with E-state index in [1.165, 1.54) is 0 Å². The summed E-state index contributed by atoms with van der Waals surface area (Å²) >= 11 is 10.8. The van der Waals surface area contributed by atoms with E-state index in [9.17, 15) is 4.79 Å². The fourth-order valence-corrected chi connectivity index (χ4v) is 2.96. The molecule has 2 heterocycles. The SMILES string of the molecule is CN(Cc1csc(Br)c1)c1ccc(Cl)c(C(=O)O)n1. The minimum absolute atomic E-state index is 0.127. The van der Waals surface area contributed by atoms with E-state index in [2.05, 4.69) is 20.9 Å². The van der Waals surface area contributed by atoms with Gasteiger partial charge >= 0.3 is 5.97 Å². The van der Waals surface area contributed by atoms with Crippen LogP contribution in [0.2, 0.25) is 5.02 Å². The molecule has 7 heteroatoms. The summed E-state index contributed by atoms with van der Waals surface area (Å²) in [5, 5.41) is 11.2. The van der Waals surface area contributed by atoms with Gasteiger partial charge in [-0.25, -0.2) is 9.78 Å². The van der Waals surface area contributed by atoms with Gasteiger partial charge in [0.2, 0.25) is 0 Å². The molecule has 0 aromatic carbocycles. The first kappa shape index (κ1) is 14.3. The Morgan fingerprint density at radius 1 is 1.58 bits per heavy atom. The molecule has 0 saturated heterocycles. The molecule has 0 aliphatic carbocycles. The molecule has 19 heavy (non-hydrogen) atoms. The molecule has 0 amide bonds. The first-order chi connectivity index (χ1) is 8.97. The van der Waals surface area contributed by atoms with Gasteiger partial charge in [-0.05, 0) is 45.1 Å². The molecule has 0 unspecified atom stereocenters. The van der Waals surface area contributed by atoms with Crippen molar-refractivity contribution >= 4 is 50.7 Å². The maximum absolute atomic E-state index is 11.0. The van der Waals surface area contributed by atoms with Crippen LogP contribution in [-0.4, -0.2) is 23.1 Å². The van der Waals surface area contributed by atoms with Crippen LogP contribution >= 0.6 is 38.9 Å². The summed E-state index contributed by atoms with van der Waals surface area (Å²) in [5.41, 5.74) is 1.01. The lowest BCUT2D eigenvalue weighted by molar-refractivity contribution is 0.0691. The number of carbonyl (C=O) groups is 1. The summed E-state index contributed by atoms with van der Waals surface area (Å²) in [7, 11) is 1.85. The van der Waals surface area contributed by atoms with Gasteiger partial charge in [-0.1, -0.05) is 11.6 Å². The molecule has 0 bridgehead atoms. The Labute approximate surface area is 127 Å². The van der Waals surface area contributed by atoms with Gasteiger partial charge in [0.1, 0.15) is 5.82 Å². The van der Waals surface area contributed by atoms with Crippen LogP contribution in [0.1, 0.15) is 16.1 Å². The van der Waals surface area contributed by atoms with Gasteiger partial charge in [0, 0.05) is 13.6 Å². The molecule has 0 spiro atoms. The van der Waals surface area contributed by atoms with Crippen molar-refractivity contribution in [3.8, 4) is 0 Å². The van der Waals surface area contributed by atoms with Crippen molar-refractivity contribution < 1.29 is 9.90 Å². The summed E-state index contributed by atoms with van der Waals surface area (Å²) in [6, 6.07) is 5.28. The standard InChI is InChI=1S/C12H10BrClN2O2S/c1-16(5-7-4-9(13)19-6-7)10-3-2-8(14)11(15-10)12(17)18/h2-4,6H,5H2,1H3,(H,17,18). The lowest BCUT2D eigenvalue weighted by atomic mass is 10.3. The third-order valence-electron chi connectivity index (χ3n) is 2.47. The second-order valence-corrected chi connectivity index (χ2v) is 6.62. The monoisotopic (exact) mass is 360 g/mol. The number of hydrogen-bond donors (Lipinski definition) is 1. The van der Waals surface area contributed by atoms with Gasteiger partial charge in [-0.3, -0.25) is 0 Å². The lowest BCUT2D eigenvalue weighted by Crippen LogP contribution is -2.18. The van der Waals surface area contributed by atoms with Crippen molar-refractivity contribution in [3.05, 3.63) is 43.6 Å². The van der Waals surface area contributed by atoms with Crippen LogP contribution in [-0.2, 0) is 6.54 Å². The largest absolute Gasteiger partial charge is 0.476 e. The topological polar surface area (TPSA) is 53.4 Å². The predicted molar refractivity (Wildman–Crippen MR) is 80.3 cm³/mol. The zero-order valence-corrected chi connectivity index (χ0v) is 13.1. The van der Waals surface area contributed by atoms with E-state index in [0.29, 0.717) is 12.4 Å². The normalized spacial score (nSPS) is 10.5. The number of aromatic nitrogens is 1. The van der Waals surface area contributed by atoms with Crippen molar-refractivity contribution in [1.82, 2.24) is 4.98 Å². The molecule has 100 valence electrons. The number of anilines is 1. The average Bonchev–Trinajstić information content (AvgIpc) is 2.74. The van der Waals surface area contributed by atoms with Crippen molar-refractivity contribution in [2.45, 2.75) is 6.54 Å². The molecule has 2 aromatic heterocycles.